The summed E-state index contributed by atoms with van der Waals surface area (Å²) in [7, 11) is 0. The molecule has 0 aromatic carbocycles. The maximum atomic E-state index is 11.1. The van der Waals surface area contributed by atoms with E-state index in [0.29, 0.717) is 13.0 Å². The second-order valence-corrected chi connectivity index (χ2v) is 3.50. The van der Waals surface area contributed by atoms with Crippen molar-refractivity contribution in [1.29, 1.82) is 0 Å². The molecular formula is C8H16N2O. The number of carbonyl (C=O) groups excluding carboxylic acids is 1. The van der Waals surface area contributed by atoms with E-state index in [1.165, 1.54) is 6.42 Å². The highest BCUT2D eigenvalue weighted by atomic mass is 16.1. The average molecular weight is 156 g/mol. The van der Waals surface area contributed by atoms with Gasteiger partial charge in [-0.25, -0.2) is 0 Å². The van der Waals surface area contributed by atoms with Crippen molar-refractivity contribution in [2.24, 2.45) is 5.73 Å². The molecule has 0 aliphatic heterocycles. The van der Waals surface area contributed by atoms with Crippen LogP contribution in [-0.4, -0.2) is 18.0 Å². The van der Waals surface area contributed by atoms with Gasteiger partial charge in [0.05, 0.1) is 0 Å². The Hall–Kier alpha value is -0.570. The molecule has 0 heterocycles. The highest BCUT2D eigenvalue weighted by molar-refractivity contribution is 5.77. The zero-order valence-electron chi connectivity index (χ0n) is 7.02. The maximum absolute atomic E-state index is 11.1. The first kappa shape index (κ1) is 8.53. The summed E-state index contributed by atoms with van der Waals surface area (Å²) in [6.45, 7) is 2.53. The number of carbonyl (C=O) groups is 1. The van der Waals surface area contributed by atoms with Crippen LogP contribution in [0.4, 0.5) is 0 Å². The molecule has 0 radical (unpaired) electrons. The summed E-state index contributed by atoms with van der Waals surface area (Å²) in [5.74, 6) is 0.0923. The summed E-state index contributed by atoms with van der Waals surface area (Å²) >= 11 is 0. The second kappa shape index (κ2) is 3.22. The monoisotopic (exact) mass is 156 g/mol. The average Bonchev–Trinajstić information content (AvgIpc) is 1.85. The van der Waals surface area contributed by atoms with Crippen LogP contribution in [0.25, 0.3) is 0 Å². The Morgan fingerprint density at radius 3 is 2.64 bits per heavy atom. The molecule has 0 saturated heterocycles. The van der Waals surface area contributed by atoms with Crippen LogP contribution >= 0.6 is 0 Å². The SMILES string of the molecule is CC1(NC(=O)CCN)CCC1. The van der Waals surface area contributed by atoms with E-state index >= 15 is 0 Å². The van der Waals surface area contributed by atoms with Crippen LogP contribution in [0.5, 0.6) is 0 Å². The van der Waals surface area contributed by atoms with E-state index in [1.54, 1.807) is 0 Å². The number of hydrogen-bond acceptors (Lipinski definition) is 2. The Morgan fingerprint density at radius 2 is 2.27 bits per heavy atom. The first-order valence-corrected chi connectivity index (χ1v) is 4.17. The van der Waals surface area contributed by atoms with Gasteiger partial charge >= 0.3 is 0 Å². The summed E-state index contributed by atoms with van der Waals surface area (Å²) in [6.07, 6.45) is 3.92. The summed E-state index contributed by atoms with van der Waals surface area (Å²) in [4.78, 5) is 11.1. The summed E-state index contributed by atoms with van der Waals surface area (Å²) in [5, 5.41) is 2.97. The Morgan fingerprint density at radius 1 is 1.64 bits per heavy atom. The van der Waals surface area contributed by atoms with Crippen LogP contribution in [-0.2, 0) is 4.79 Å². The predicted octanol–water partition coefficient (Wildman–Crippen LogP) is 0.394. The number of hydrogen-bond donors (Lipinski definition) is 2. The molecule has 0 bridgehead atoms. The van der Waals surface area contributed by atoms with Gasteiger partial charge in [0.25, 0.3) is 0 Å². The van der Waals surface area contributed by atoms with Crippen LogP contribution in [0.1, 0.15) is 32.6 Å². The van der Waals surface area contributed by atoms with Crippen LogP contribution in [0.2, 0.25) is 0 Å². The van der Waals surface area contributed by atoms with Gasteiger partial charge in [0.1, 0.15) is 0 Å². The van der Waals surface area contributed by atoms with E-state index in [1.807, 2.05) is 0 Å². The molecule has 0 unspecified atom stereocenters. The minimum absolute atomic E-state index is 0.0895. The molecule has 1 saturated carbocycles. The topological polar surface area (TPSA) is 55.1 Å². The van der Waals surface area contributed by atoms with Gasteiger partial charge in [0.2, 0.25) is 5.91 Å². The molecular weight excluding hydrogens is 140 g/mol. The van der Waals surface area contributed by atoms with Crippen molar-refractivity contribution in [1.82, 2.24) is 5.32 Å². The van der Waals surface area contributed by atoms with E-state index in [9.17, 15) is 4.79 Å². The molecule has 3 nitrogen and oxygen atoms in total. The Kier molecular flexibility index (Phi) is 2.49. The van der Waals surface area contributed by atoms with Crippen LogP contribution in [0.15, 0.2) is 0 Å². The largest absolute Gasteiger partial charge is 0.351 e. The summed E-state index contributed by atoms with van der Waals surface area (Å²) in [6, 6.07) is 0. The standard InChI is InChI=1S/C8H16N2O/c1-8(4-2-5-8)10-7(11)3-6-9/h2-6,9H2,1H3,(H,10,11). The molecule has 1 amide bonds. The molecule has 1 aliphatic carbocycles. The summed E-state index contributed by atoms with van der Waals surface area (Å²) in [5.41, 5.74) is 5.34. The minimum Gasteiger partial charge on any atom is -0.351 e. The molecule has 3 N–H and O–H groups in total. The normalized spacial score (nSPS) is 20.5. The fourth-order valence-electron chi connectivity index (χ4n) is 1.36. The highest BCUT2D eigenvalue weighted by Crippen LogP contribution is 2.30. The van der Waals surface area contributed by atoms with E-state index in [2.05, 4.69) is 12.2 Å². The lowest BCUT2D eigenvalue weighted by Crippen LogP contribution is -2.51. The number of nitrogens with one attached hydrogen (secondary N) is 1. The van der Waals surface area contributed by atoms with Gasteiger partial charge in [-0.15, -0.1) is 0 Å². The summed E-state index contributed by atoms with van der Waals surface area (Å²) < 4.78 is 0. The van der Waals surface area contributed by atoms with Crippen molar-refractivity contribution in [3.63, 3.8) is 0 Å². The molecule has 1 rings (SSSR count). The van der Waals surface area contributed by atoms with Crippen molar-refractivity contribution >= 4 is 5.91 Å². The van der Waals surface area contributed by atoms with E-state index < -0.39 is 0 Å². The smallest absolute Gasteiger partial charge is 0.221 e. The van der Waals surface area contributed by atoms with E-state index in [0.717, 1.165) is 12.8 Å². The molecule has 1 fully saturated rings. The maximum Gasteiger partial charge on any atom is 0.221 e. The third-order valence-corrected chi connectivity index (χ3v) is 2.27. The van der Waals surface area contributed by atoms with Gasteiger partial charge in [0, 0.05) is 18.5 Å². The first-order chi connectivity index (χ1) is 5.16. The second-order valence-electron chi connectivity index (χ2n) is 3.50. The van der Waals surface area contributed by atoms with Gasteiger partial charge in [-0.05, 0) is 26.2 Å². The third kappa shape index (κ3) is 2.19. The highest BCUT2D eigenvalue weighted by Gasteiger charge is 2.32. The van der Waals surface area contributed by atoms with Crippen molar-refractivity contribution in [2.45, 2.75) is 38.1 Å². The van der Waals surface area contributed by atoms with Crippen molar-refractivity contribution < 1.29 is 4.79 Å². The number of nitrogens with two attached hydrogens (primary N) is 1. The molecule has 0 aromatic heterocycles. The predicted molar refractivity (Wildman–Crippen MR) is 44.1 cm³/mol. The Labute approximate surface area is 67.3 Å². The molecule has 11 heavy (non-hydrogen) atoms. The number of rotatable bonds is 3. The molecule has 3 heteroatoms. The van der Waals surface area contributed by atoms with Crippen LogP contribution in [0.3, 0.4) is 0 Å². The third-order valence-electron chi connectivity index (χ3n) is 2.27. The quantitative estimate of drug-likeness (QED) is 0.621. The lowest BCUT2D eigenvalue weighted by atomic mass is 9.78. The molecule has 0 atom stereocenters. The van der Waals surface area contributed by atoms with Crippen molar-refractivity contribution in [2.75, 3.05) is 6.54 Å². The van der Waals surface area contributed by atoms with Gasteiger partial charge in [-0.1, -0.05) is 0 Å². The Balaban J connectivity index is 2.23. The van der Waals surface area contributed by atoms with Gasteiger partial charge in [0.15, 0.2) is 0 Å². The lowest BCUT2D eigenvalue weighted by molar-refractivity contribution is -0.123. The number of amides is 1. The van der Waals surface area contributed by atoms with Crippen LogP contribution in [0, 0.1) is 0 Å². The molecule has 1 aliphatic rings. The van der Waals surface area contributed by atoms with Crippen molar-refractivity contribution in [3.05, 3.63) is 0 Å². The lowest BCUT2D eigenvalue weighted by Gasteiger charge is -2.39. The van der Waals surface area contributed by atoms with E-state index in [-0.39, 0.29) is 11.4 Å². The fraction of sp³-hybridized carbons (Fsp3) is 0.875. The van der Waals surface area contributed by atoms with Gasteiger partial charge in [-0.2, -0.15) is 0 Å². The Bertz CT molecular complexity index is 152. The zero-order chi connectivity index (χ0) is 8.32. The first-order valence-electron chi connectivity index (χ1n) is 4.17. The van der Waals surface area contributed by atoms with Gasteiger partial charge < -0.3 is 11.1 Å². The van der Waals surface area contributed by atoms with E-state index in [4.69, 9.17) is 5.73 Å². The fourth-order valence-corrected chi connectivity index (χ4v) is 1.36. The zero-order valence-corrected chi connectivity index (χ0v) is 7.02. The van der Waals surface area contributed by atoms with Crippen molar-refractivity contribution in [3.8, 4) is 0 Å². The van der Waals surface area contributed by atoms with Crippen LogP contribution < -0.4 is 11.1 Å². The molecule has 0 spiro atoms. The van der Waals surface area contributed by atoms with Gasteiger partial charge in [-0.3, -0.25) is 4.79 Å². The minimum atomic E-state index is 0.0895. The molecule has 64 valence electrons. The molecule has 0 aromatic rings.